The van der Waals surface area contributed by atoms with Crippen LogP contribution in [0.15, 0.2) is 23.1 Å². The number of benzene rings is 1. The first kappa shape index (κ1) is 9.92. The first-order chi connectivity index (χ1) is 6.15. The van der Waals surface area contributed by atoms with Gasteiger partial charge in [-0.2, -0.15) is 0 Å². The highest BCUT2D eigenvalue weighted by molar-refractivity contribution is 7.98. The van der Waals surface area contributed by atoms with E-state index >= 15 is 0 Å². The number of carbonyl (C=O) groups is 1. The van der Waals surface area contributed by atoms with E-state index in [1.54, 1.807) is 18.2 Å². The molecule has 0 aromatic heterocycles. The summed E-state index contributed by atoms with van der Waals surface area (Å²) in [6.07, 6.45) is 1.69. The molecule has 1 aromatic carbocycles. The van der Waals surface area contributed by atoms with Crippen LogP contribution in [0.2, 0.25) is 0 Å². The van der Waals surface area contributed by atoms with Gasteiger partial charge in [0, 0.05) is 10.5 Å². The number of aliphatic carboxylic acids is 1. The Bertz CT molecular complexity index is 323. The quantitative estimate of drug-likeness (QED) is 0.726. The normalized spacial score (nSPS) is 9.92. The van der Waals surface area contributed by atoms with Gasteiger partial charge in [-0.1, -0.05) is 12.1 Å². The summed E-state index contributed by atoms with van der Waals surface area (Å²) in [5.41, 5.74) is 0.458. The number of phenolic OH excluding ortho intramolecular Hbond substituents is 1. The lowest BCUT2D eigenvalue weighted by atomic mass is 10.1. The van der Waals surface area contributed by atoms with E-state index in [0.717, 1.165) is 0 Å². The summed E-state index contributed by atoms with van der Waals surface area (Å²) in [6, 6.07) is 5.11. The third-order valence-electron chi connectivity index (χ3n) is 1.64. The Morgan fingerprint density at radius 3 is 2.77 bits per heavy atom. The van der Waals surface area contributed by atoms with Gasteiger partial charge in [-0.25, -0.2) is 0 Å². The van der Waals surface area contributed by atoms with Gasteiger partial charge in [0.2, 0.25) is 0 Å². The maximum absolute atomic E-state index is 10.4. The van der Waals surface area contributed by atoms with E-state index in [4.69, 9.17) is 5.11 Å². The van der Waals surface area contributed by atoms with Gasteiger partial charge in [-0.05, 0) is 12.3 Å². The molecule has 4 heteroatoms. The van der Waals surface area contributed by atoms with Gasteiger partial charge in [0.05, 0.1) is 6.42 Å². The zero-order chi connectivity index (χ0) is 9.84. The predicted octanol–water partition coefficient (Wildman–Crippen LogP) is 1.74. The van der Waals surface area contributed by atoms with E-state index in [1.807, 2.05) is 6.26 Å². The fraction of sp³-hybridized carbons (Fsp3) is 0.222. The Kier molecular flexibility index (Phi) is 3.19. The van der Waals surface area contributed by atoms with Gasteiger partial charge < -0.3 is 10.2 Å². The van der Waals surface area contributed by atoms with E-state index in [9.17, 15) is 9.90 Å². The van der Waals surface area contributed by atoms with Gasteiger partial charge in [-0.3, -0.25) is 4.79 Å². The molecule has 13 heavy (non-hydrogen) atoms. The van der Waals surface area contributed by atoms with Gasteiger partial charge in [0.1, 0.15) is 5.75 Å². The zero-order valence-corrected chi connectivity index (χ0v) is 7.97. The van der Waals surface area contributed by atoms with Crippen LogP contribution >= 0.6 is 11.8 Å². The van der Waals surface area contributed by atoms with Crippen molar-refractivity contribution in [2.24, 2.45) is 0 Å². The number of hydrogen-bond acceptors (Lipinski definition) is 3. The molecule has 0 aliphatic heterocycles. The molecule has 0 heterocycles. The van der Waals surface area contributed by atoms with Crippen molar-refractivity contribution >= 4 is 17.7 Å². The average molecular weight is 198 g/mol. The molecule has 1 rings (SSSR count). The Labute approximate surface area is 80.4 Å². The number of para-hydroxylation sites is 1. The number of thioether (sulfide) groups is 1. The lowest BCUT2D eigenvalue weighted by molar-refractivity contribution is -0.136. The van der Waals surface area contributed by atoms with Crippen molar-refractivity contribution < 1.29 is 15.0 Å². The monoisotopic (exact) mass is 198 g/mol. The van der Waals surface area contributed by atoms with Gasteiger partial charge in [-0.15, -0.1) is 11.8 Å². The molecule has 2 N–H and O–H groups in total. The maximum Gasteiger partial charge on any atom is 0.307 e. The minimum absolute atomic E-state index is 0.0809. The van der Waals surface area contributed by atoms with Crippen molar-refractivity contribution in [1.29, 1.82) is 0 Å². The van der Waals surface area contributed by atoms with Gasteiger partial charge in [0.25, 0.3) is 0 Å². The van der Waals surface area contributed by atoms with E-state index in [0.29, 0.717) is 10.5 Å². The van der Waals surface area contributed by atoms with Crippen molar-refractivity contribution in [3.05, 3.63) is 23.8 Å². The zero-order valence-electron chi connectivity index (χ0n) is 7.15. The van der Waals surface area contributed by atoms with Crippen molar-refractivity contribution in [3.8, 4) is 5.75 Å². The van der Waals surface area contributed by atoms with E-state index in [2.05, 4.69) is 0 Å². The molecule has 0 radical (unpaired) electrons. The summed E-state index contributed by atoms with van der Waals surface area (Å²) < 4.78 is 0. The number of hydrogen-bond donors (Lipinski definition) is 2. The number of phenols is 1. The molecule has 0 amide bonds. The molecule has 0 spiro atoms. The molecule has 1 aromatic rings. The number of carboxylic acids is 1. The SMILES string of the molecule is CSc1cccc(CC(=O)O)c1O. The van der Waals surface area contributed by atoms with Crippen LogP contribution < -0.4 is 0 Å². The van der Waals surface area contributed by atoms with Crippen LogP contribution in [0.3, 0.4) is 0 Å². The summed E-state index contributed by atoms with van der Waals surface area (Å²) in [4.78, 5) is 11.1. The molecular formula is C9H10O3S. The molecule has 0 aliphatic carbocycles. The molecule has 0 fully saturated rings. The van der Waals surface area contributed by atoms with E-state index in [1.165, 1.54) is 11.8 Å². The number of carboxylic acid groups (broad SMARTS) is 1. The second-order valence-corrected chi connectivity index (χ2v) is 3.39. The smallest absolute Gasteiger partial charge is 0.307 e. The standard InChI is InChI=1S/C9H10O3S/c1-13-7-4-2-3-6(9(7)12)5-8(10)11/h2-4,12H,5H2,1H3,(H,10,11). The third-order valence-corrected chi connectivity index (χ3v) is 2.41. The van der Waals surface area contributed by atoms with E-state index < -0.39 is 5.97 Å². The summed E-state index contributed by atoms with van der Waals surface area (Å²) in [7, 11) is 0. The molecule has 0 unspecified atom stereocenters. The van der Waals surface area contributed by atoms with Crippen LogP contribution in [0.1, 0.15) is 5.56 Å². The molecular weight excluding hydrogens is 188 g/mol. The predicted molar refractivity (Wildman–Crippen MR) is 51.2 cm³/mol. The summed E-state index contributed by atoms with van der Waals surface area (Å²) >= 11 is 1.39. The summed E-state index contributed by atoms with van der Waals surface area (Å²) in [6.45, 7) is 0. The largest absolute Gasteiger partial charge is 0.506 e. The Hall–Kier alpha value is -1.16. The Balaban J connectivity index is 3.01. The number of rotatable bonds is 3. The summed E-state index contributed by atoms with van der Waals surface area (Å²) in [5.74, 6) is -0.856. The average Bonchev–Trinajstić information content (AvgIpc) is 2.08. The highest BCUT2D eigenvalue weighted by atomic mass is 32.2. The van der Waals surface area contributed by atoms with Crippen LogP contribution in [0.4, 0.5) is 0 Å². The van der Waals surface area contributed by atoms with Crippen LogP contribution in [0.5, 0.6) is 5.75 Å². The van der Waals surface area contributed by atoms with E-state index in [-0.39, 0.29) is 12.2 Å². The fourth-order valence-electron chi connectivity index (χ4n) is 1.04. The van der Waals surface area contributed by atoms with Crippen molar-refractivity contribution in [2.45, 2.75) is 11.3 Å². The second kappa shape index (κ2) is 4.18. The molecule has 0 bridgehead atoms. The topological polar surface area (TPSA) is 57.5 Å². The van der Waals surface area contributed by atoms with Gasteiger partial charge >= 0.3 is 5.97 Å². The number of aromatic hydroxyl groups is 1. The minimum Gasteiger partial charge on any atom is -0.506 e. The second-order valence-electron chi connectivity index (χ2n) is 2.54. The molecule has 70 valence electrons. The molecule has 0 saturated heterocycles. The molecule has 0 saturated carbocycles. The lowest BCUT2D eigenvalue weighted by Gasteiger charge is -2.05. The highest BCUT2D eigenvalue weighted by Crippen LogP contribution is 2.29. The first-order valence-corrected chi connectivity index (χ1v) is 4.94. The summed E-state index contributed by atoms with van der Waals surface area (Å²) in [5, 5.41) is 18.1. The van der Waals surface area contributed by atoms with Crippen molar-refractivity contribution in [3.63, 3.8) is 0 Å². The maximum atomic E-state index is 10.4. The van der Waals surface area contributed by atoms with Crippen LogP contribution in [-0.4, -0.2) is 22.4 Å². The van der Waals surface area contributed by atoms with Crippen molar-refractivity contribution in [1.82, 2.24) is 0 Å². The molecule has 3 nitrogen and oxygen atoms in total. The Morgan fingerprint density at radius 1 is 1.54 bits per heavy atom. The Morgan fingerprint density at radius 2 is 2.23 bits per heavy atom. The van der Waals surface area contributed by atoms with Crippen LogP contribution in [0.25, 0.3) is 0 Å². The lowest BCUT2D eigenvalue weighted by Crippen LogP contribution is -2.00. The molecule has 0 atom stereocenters. The fourth-order valence-corrected chi connectivity index (χ4v) is 1.58. The van der Waals surface area contributed by atoms with Crippen LogP contribution in [-0.2, 0) is 11.2 Å². The molecule has 0 aliphatic rings. The third kappa shape index (κ3) is 2.39. The van der Waals surface area contributed by atoms with Crippen molar-refractivity contribution in [2.75, 3.05) is 6.26 Å². The van der Waals surface area contributed by atoms with Crippen LogP contribution in [0, 0.1) is 0 Å². The minimum atomic E-state index is -0.937. The first-order valence-electron chi connectivity index (χ1n) is 3.71. The highest BCUT2D eigenvalue weighted by Gasteiger charge is 2.08. The van der Waals surface area contributed by atoms with Gasteiger partial charge in [0.15, 0.2) is 0 Å².